The van der Waals surface area contributed by atoms with Gasteiger partial charge in [0.1, 0.15) is 0 Å². The van der Waals surface area contributed by atoms with Gasteiger partial charge in [-0.1, -0.05) is 42.5 Å². The van der Waals surface area contributed by atoms with Crippen LogP contribution in [0.15, 0.2) is 72.0 Å². The van der Waals surface area contributed by atoms with Crippen molar-refractivity contribution >= 4 is 11.9 Å². The first kappa shape index (κ1) is 21.1. The molecule has 30 heavy (non-hydrogen) atoms. The average Bonchev–Trinajstić information content (AvgIpc) is 3.21. The highest BCUT2D eigenvalue weighted by Gasteiger charge is 2.07. The summed E-state index contributed by atoms with van der Waals surface area (Å²) in [7, 11) is 5.24. The van der Waals surface area contributed by atoms with Gasteiger partial charge in [0.2, 0.25) is 0 Å². The molecule has 0 aliphatic heterocycles. The molecule has 1 amide bonds. The van der Waals surface area contributed by atoms with Crippen molar-refractivity contribution in [1.82, 2.24) is 25.3 Å². The minimum Gasteiger partial charge on any atom is -0.352 e. The number of nitrogens with zero attached hydrogens (tertiary/aromatic N) is 4. The van der Waals surface area contributed by atoms with E-state index in [1.807, 2.05) is 59.5 Å². The smallest absolute Gasteiger partial charge is 0.253 e. The quantitative estimate of drug-likeness (QED) is 0.469. The first-order chi connectivity index (χ1) is 14.5. The maximum atomic E-state index is 12.0. The van der Waals surface area contributed by atoms with Crippen LogP contribution in [0.1, 0.15) is 27.0 Å². The molecule has 156 valence electrons. The normalized spacial score (nSPS) is 11.2. The molecule has 7 heteroatoms. The third-order valence-corrected chi connectivity index (χ3v) is 4.62. The highest BCUT2D eigenvalue weighted by Crippen LogP contribution is 2.07. The largest absolute Gasteiger partial charge is 0.352 e. The van der Waals surface area contributed by atoms with E-state index in [0.29, 0.717) is 24.6 Å². The van der Waals surface area contributed by atoms with Gasteiger partial charge in [0.05, 0.1) is 12.7 Å². The van der Waals surface area contributed by atoms with Crippen molar-refractivity contribution < 1.29 is 4.79 Å². The molecule has 3 aromatic rings. The van der Waals surface area contributed by atoms with Crippen LogP contribution in [0.5, 0.6) is 0 Å². The third-order valence-electron chi connectivity index (χ3n) is 4.62. The van der Waals surface area contributed by atoms with Crippen molar-refractivity contribution in [3.05, 3.63) is 89.2 Å². The molecule has 0 bridgehead atoms. The average molecular weight is 405 g/mol. The summed E-state index contributed by atoms with van der Waals surface area (Å²) in [5, 5.41) is 11.0. The van der Waals surface area contributed by atoms with Crippen molar-refractivity contribution in [3.63, 3.8) is 0 Å². The van der Waals surface area contributed by atoms with Crippen LogP contribution in [0, 0.1) is 0 Å². The molecule has 0 aliphatic rings. The van der Waals surface area contributed by atoms with E-state index >= 15 is 0 Å². The zero-order valence-corrected chi connectivity index (χ0v) is 17.7. The fourth-order valence-electron chi connectivity index (χ4n) is 2.97. The Kier molecular flexibility index (Phi) is 7.21. The van der Waals surface area contributed by atoms with Gasteiger partial charge in [0, 0.05) is 51.6 Å². The van der Waals surface area contributed by atoms with Crippen molar-refractivity contribution in [2.45, 2.75) is 19.6 Å². The number of carbonyl (C=O) groups excluding carboxylic acids is 1. The van der Waals surface area contributed by atoms with E-state index in [2.05, 4.69) is 32.9 Å². The Morgan fingerprint density at radius 1 is 0.967 bits per heavy atom. The van der Waals surface area contributed by atoms with Crippen LogP contribution in [0.25, 0.3) is 0 Å². The fourth-order valence-corrected chi connectivity index (χ4v) is 2.97. The lowest BCUT2D eigenvalue weighted by molar-refractivity contribution is 0.0827. The van der Waals surface area contributed by atoms with Gasteiger partial charge >= 0.3 is 0 Å². The summed E-state index contributed by atoms with van der Waals surface area (Å²) >= 11 is 0. The summed E-state index contributed by atoms with van der Waals surface area (Å²) in [5.74, 6) is 0.707. The number of hydrogen-bond donors (Lipinski definition) is 2. The molecule has 0 unspecified atom stereocenters. The molecule has 2 aromatic carbocycles. The van der Waals surface area contributed by atoms with Gasteiger partial charge < -0.3 is 15.5 Å². The predicted molar refractivity (Wildman–Crippen MR) is 119 cm³/mol. The number of rotatable bonds is 7. The zero-order valence-electron chi connectivity index (χ0n) is 17.7. The fraction of sp³-hybridized carbons (Fsp3) is 0.261. The molecule has 0 spiro atoms. The maximum absolute atomic E-state index is 12.0. The second-order valence-corrected chi connectivity index (χ2v) is 7.21. The predicted octanol–water partition coefficient (Wildman–Crippen LogP) is 2.50. The number of nitrogens with one attached hydrogen (secondary N) is 2. The highest BCUT2D eigenvalue weighted by molar-refractivity contribution is 5.93. The lowest BCUT2D eigenvalue weighted by Gasteiger charge is -2.13. The molecule has 0 radical (unpaired) electrons. The Balaban J connectivity index is 1.48. The molecule has 1 heterocycles. The van der Waals surface area contributed by atoms with Crippen molar-refractivity contribution in [2.24, 2.45) is 4.99 Å². The molecule has 7 nitrogen and oxygen atoms in total. The lowest BCUT2D eigenvalue weighted by atomic mass is 10.1. The summed E-state index contributed by atoms with van der Waals surface area (Å²) in [6.45, 7) is 1.99. The second kappa shape index (κ2) is 10.2. The van der Waals surface area contributed by atoms with E-state index < -0.39 is 0 Å². The van der Waals surface area contributed by atoms with Gasteiger partial charge in [0.25, 0.3) is 5.91 Å². The van der Waals surface area contributed by atoms with Crippen molar-refractivity contribution in [1.29, 1.82) is 0 Å². The molecule has 0 fully saturated rings. The minimum absolute atomic E-state index is 0.000189. The molecule has 0 atom stereocenters. The summed E-state index contributed by atoms with van der Waals surface area (Å²) < 4.78 is 1.93. The summed E-state index contributed by atoms with van der Waals surface area (Å²) in [6.07, 6.45) is 3.90. The Hall–Kier alpha value is -3.61. The first-order valence-corrected chi connectivity index (χ1v) is 9.85. The topological polar surface area (TPSA) is 74.6 Å². The number of aliphatic imine (C=N–C) groups is 1. The van der Waals surface area contributed by atoms with Crippen LogP contribution in [-0.4, -0.2) is 47.7 Å². The van der Waals surface area contributed by atoms with Gasteiger partial charge in [0.15, 0.2) is 5.96 Å². The van der Waals surface area contributed by atoms with Gasteiger partial charge in [-0.05, 0) is 23.3 Å². The molecular weight excluding hydrogens is 376 g/mol. The van der Waals surface area contributed by atoms with Gasteiger partial charge in [-0.3, -0.25) is 14.5 Å². The van der Waals surface area contributed by atoms with Gasteiger partial charge in [-0.15, -0.1) is 0 Å². The van der Waals surface area contributed by atoms with E-state index in [1.54, 1.807) is 26.0 Å². The third kappa shape index (κ3) is 5.94. The molecule has 3 rings (SSSR count). The van der Waals surface area contributed by atoms with E-state index in [-0.39, 0.29) is 5.91 Å². The highest BCUT2D eigenvalue weighted by atomic mass is 16.2. The van der Waals surface area contributed by atoms with E-state index in [0.717, 1.165) is 17.7 Å². The summed E-state index contributed by atoms with van der Waals surface area (Å²) in [4.78, 5) is 17.8. The number of guanidine groups is 1. The van der Waals surface area contributed by atoms with Crippen LogP contribution >= 0.6 is 0 Å². The van der Waals surface area contributed by atoms with Crippen molar-refractivity contribution in [2.75, 3.05) is 21.1 Å². The Bertz CT molecular complexity index is 976. The molecule has 0 saturated carbocycles. The molecule has 0 aliphatic carbocycles. The monoisotopic (exact) mass is 404 g/mol. The molecule has 1 aromatic heterocycles. The van der Waals surface area contributed by atoms with Gasteiger partial charge in [-0.2, -0.15) is 5.10 Å². The second-order valence-electron chi connectivity index (χ2n) is 7.21. The number of hydrogen-bond acceptors (Lipinski definition) is 3. The Morgan fingerprint density at radius 2 is 1.63 bits per heavy atom. The van der Waals surface area contributed by atoms with Crippen molar-refractivity contribution in [3.8, 4) is 0 Å². The van der Waals surface area contributed by atoms with E-state index in [4.69, 9.17) is 0 Å². The summed E-state index contributed by atoms with van der Waals surface area (Å²) in [6, 6.07) is 17.8. The zero-order chi connectivity index (χ0) is 21.3. The molecular formula is C23H28N6O. The molecule has 2 N–H and O–H groups in total. The lowest BCUT2D eigenvalue weighted by Crippen LogP contribution is -2.36. The number of amides is 1. The number of aromatic nitrogens is 2. The van der Waals surface area contributed by atoms with Crippen LogP contribution in [0.2, 0.25) is 0 Å². The first-order valence-electron chi connectivity index (χ1n) is 9.85. The standard InChI is InChI=1S/C23H28N6O/c1-24-23(25-13-18-9-11-21(12-10-18)22(30)28(2)3)26-14-20-15-27-29(17-20)16-19-7-5-4-6-8-19/h4-12,15,17H,13-14,16H2,1-3H3,(H2,24,25,26). The van der Waals surface area contributed by atoms with E-state index in [9.17, 15) is 4.79 Å². The van der Waals surface area contributed by atoms with E-state index in [1.165, 1.54) is 5.56 Å². The molecule has 0 saturated heterocycles. The van der Waals surface area contributed by atoms with Crippen LogP contribution in [0.3, 0.4) is 0 Å². The van der Waals surface area contributed by atoms with Crippen LogP contribution in [0.4, 0.5) is 0 Å². The Labute approximate surface area is 177 Å². The number of carbonyl (C=O) groups is 1. The maximum Gasteiger partial charge on any atom is 0.253 e. The minimum atomic E-state index is -0.000189. The number of benzene rings is 2. The summed E-state index contributed by atoms with van der Waals surface area (Å²) in [5.41, 5.74) is 4.05. The SMILES string of the molecule is CN=C(NCc1ccc(C(=O)N(C)C)cc1)NCc1cnn(Cc2ccccc2)c1. The van der Waals surface area contributed by atoms with Crippen LogP contribution in [-0.2, 0) is 19.6 Å². The van der Waals surface area contributed by atoms with Crippen LogP contribution < -0.4 is 10.6 Å². The van der Waals surface area contributed by atoms with Gasteiger partial charge in [-0.25, -0.2) is 0 Å². The Morgan fingerprint density at radius 3 is 2.27 bits per heavy atom.